The highest BCUT2D eigenvalue weighted by molar-refractivity contribution is 7.45. The number of aliphatic hydroxyl groups is 1. The molecule has 0 aromatic carbocycles. The lowest BCUT2D eigenvalue weighted by atomic mass is 10.0. The van der Waals surface area contributed by atoms with Crippen LogP contribution in [0, 0.1) is 0 Å². The minimum Gasteiger partial charge on any atom is -0.756 e. The lowest BCUT2D eigenvalue weighted by molar-refractivity contribution is -0.870. The first-order chi connectivity index (χ1) is 41.0. The van der Waals surface area contributed by atoms with E-state index in [9.17, 15) is 19.4 Å². The molecule has 0 aromatic heterocycles. The largest absolute Gasteiger partial charge is 0.756 e. The van der Waals surface area contributed by atoms with Crippen molar-refractivity contribution in [2.45, 2.75) is 437 Å². The molecule has 1 amide bonds. The van der Waals surface area contributed by atoms with E-state index in [1.165, 1.54) is 360 Å². The summed E-state index contributed by atoms with van der Waals surface area (Å²) in [6.07, 6.45) is 85.1. The molecule has 0 bridgehead atoms. The highest BCUT2D eigenvalue weighted by atomic mass is 31.2. The summed E-state index contributed by atoms with van der Waals surface area (Å²) in [4.78, 5) is 25.7. The van der Waals surface area contributed by atoms with Gasteiger partial charge in [-0.2, -0.15) is 0 Å². The average Bonchev–Trinajstić information content (AvgIpc) is 3.56. The Morgan fingerprint density at radius 1 is 0.369 bits per heavy atom. The van der Waals surface area contributed by atoms with Gasteiger partial charge in [0.25, 0.3) is 7.82 Å². The van der Waals surface area contributed by atoms with Gasteiger partial charge in [-0.05, 0) is 12.8 Å². The highest BCUT2D eigenvalue weighted by Crippen LogP contribution is 2.38. The molecule has 0 heterocycles. The first kappa shape index (κ1) is 83.5. The number of hydrogen-bond donors (Lipinski definition) is 2. The number of carbonyl (C=O) groups excluding carboxylic acids is 1. The van der Waals surface area contributed by atoms with E-state index in [1.54, 1.807) is 0 Å². The zero-order valence-corrected chi connectivity index (χ0v) is 58.8. The quantitative estimate of drug-likeness (QED) is 0.0357. The van der Waals surface area contributed by atoms with Crippen molar-refractivity contribution >= 4 is 13.7 Å². The number of phosphoric ester groups is 1. The van der Waals surface area contributed by atoms with E-state index in [0.717, 1.165) is 38.5 Å². The Morgan fingerprint density at radius 2 is 0.583 bits per heavy atom. The second-order valence-corrected chi connectivity index (χ2v) is 29.5. The smallest absolute Gasteiger partial charge is 0.268 e. The monoisotopic (exact) mass is 1210 g/mol. The summed E-state index contributed by atoms with van der Waals surface area (Å²) in [7, 11) is 1.33. The van der Waals surface area contributed by atoms with Crippen LogP contribution in [0.5, 0.6) is 0 Å². The first-order valence-electron chi connectivity index (χ1n) is 38.4. The molecular formula is C75H153N2O6P. The summed E-state index contributed by atoms with van der Waals surface area (Å²) in [6, 6.07) is -0.797. The van der Waals surface area contributed by atoms with Gasteiger partial charge in [0.1, 0.15) is 13.2 Å². The third-order valence-corrected chi connectivity index (χ3v) is 19.3. The Morgan fingerprint density at radius 3 is 0.810 bits per heavy atom. The number of amides is 1. The van der Waals surface area contributed by atoms with E-state index in [2.05, 4.69) is 19.2 Å². The topological polar surface area (TPSA) is 108 Å². The Balaban J connectivity index is 3.86. The summed E-state index contributed by atoms with van der Waals surface area (Å²) in [5, 5.41) is 14.1. The van der Waals surface area contributed by atoms with Gasteiger partial charge in [-0.15, -0.1) is 0 Å². The van der Waals surface area contributed by atoms with Gasteiger partial charge in [0.05, 0.1) is 39.9 Å². The molecular weight excluding hydrogens is 1060 g/mol. The van der Waals surface area contributed by atoms with Crippen molar-refractivity contribution in [3.05, 3.63) is 0 Å². The molecule has 0 fully saturated rings. The number of phosphoric acid groups is 1. The van der Waals surface area contributed by atoms with Gasteiger partial charge in [-0.25, -0.2) is 0 Å². The number of nitrogens with zero attached hydrogens (tertiary/aromatic N) is 1. The normalized spacial score (nSPS) is 13.5. The lowest BCUT2D eigenvalue weighted by Crippen LogP contribution is -2.46. The van der Waals surface area contributed by atoms with Gasteiger partial charge in [-0.3, -0.25) is 9.36 Å². The Kier molecular flexibility index (Phi) is 66.5. The van der Waals surface area contributed by atoms with Crippen molar-refractivity contribution in [3.63, 3.8) is 0 Å². The summed E-state index contributed by atoms with van der Waals surface area (Å²) in [5.74, 6) is -0.153. The number of hydrogen-bond acceptors (Lipinski definition) is 6. The van der Waals surface area contributed by atoms with Gasteiger partial charge < -0.3 is 28.8 Å². The molecule has 0 aliphatic heterocycles. The number of aliphatic hydroxyl groups excluding tert-OH is 1. The molecule has 0 aromatic rings. The average molecular weight is 1210 g/mol. The van der Waals surface area contributed by atoms with E-state index < -0.39 is 20.0 Å². The molecule has 0 aliphatic rings. The molecule has 0 rings (SSSR count). The van der Waals surface area contributed by atoms with Crippen molar-refractivity contribution in [2.24, 2.45) is 0 Å². The van der Waals surface area contributed by atoms with Crippen LogP contribution in [0.1, 0.15) is 425 Å². The van der Waals surface area contributed by atoms with E-state index in [-0.39, 0.29) is 19.1 Å². The number of unbranched alkanes of at least 4 members (excludes halogenated alkanes) is 60. The van der Waals surface area contributed by atoms with Gasteiger partial charge in [0.15, 0.2) is 0 Å². The van der Waals surface area contributed by atoms with Crippen LogP contribution in [0.25, 0.3) is 0 Å². The van der Waals surface area contributed by atoms with Crippen molar-refractivity contribution in [3.8, 4) is 0 Å². The third kappa shape index (κ3) is 69.0. The number of carbonyl (C=O) groups is 1. The molecule has 9 heteroatoms. The minimum atomic E-state index is -4.58. The lowest BCUT2D eigenvalue weighted by Gasteiger charge is -2.30. The van der Waals surface area contributed by atoms with Crippen LogP contribution in [-0.4, -0.2) is 68.5 Å². The van der Waals surface area contributed by atoms with Gasteiger partial charge in [0.2, 0.25) is 5.91 Å². The molecule has 0 spiro atoms. The summed E-state index contributed by atoms with van der Waals surface area (Å²) < 4.78 is 23.6. The van der Waals surface area contributed by atoms with Crippen LogP contribution in [0.15, 0.2) is 0 Å². The molecule has 2 N–H and O–H groups in total. The van der Waals surface area contributed by atoms with Crippen molar-refractivity contribution in [2.75, 3.05) is 40.9 Å². The maximum atomic E-state index is 13.1. The zero-order chi connectivity index (χ0) is 61.2. The molecule has 3 unspecified atom stereocenters. The minimum absolute atomic E-state index is 0.0170. The molecule has 0 saturated carbocycles. The molecule has 0 aliphatic carbocycles. The van der Waals surface area contributed by atoms with Crippen molar-refractivity contribution < 1.29 is 32.9 Å². The summed E-state index contributed by atoms with van der Waals surface area (Å²) in [5.41, 5.74) is 0. The molecule has 8 nitrogen and oxygen atoms in total. The summed E-state index contributed by atoms with van der Waals surface area (Å²) >= 11 is 0. The first-order valence-corrected chi connectivity index (χ1v) is 39.8. The fraction of sp³-hybridized carbons (Fsp3) is 0.987. The van der Waals surface area contributed by atoms with Crippen LogP contribution in [0.2, 0.25) is 0 Å². The van der Waals surface area contributed by atoms with Gasteiger partial charge in [0, 0.05) is 6.42 Å². The maximum Gasteiger partial charge on any atom is 0.268 e. The predicted molar refractivity (Wildman–Crippen MR) is 367 cm³/mol. The maximum absolute atomic E-state index is 13.1. The number of likely N-dealkylation sites (N-methyl/N-ethyl adjacent to an activating group) is 1. The fourth-order valence-corrected chi connectivity index (χ4v) is 13.1. The third-order valence-electron chi connectivity index (χ3n) is 18.3. The van der Waals surface area contributed by atoms with Gasteiger partial charge in [-0.1, -0.05) is 406 Å². The molecule has 3 atom stereocenters. The van der Waals surface area contributed by atoms with Gasteiger partial charge >= 0.3 is 0 Å². The van der Waals surface area contributed by atoms with E-state index in [1.807, 2.05) is 21.1 Å². The molecule has 504 valence electrons. The Bertz CT molecular complexity index is 1330. The molecule has 0 radical (unpaired) electrons. The van der Waals surface area contributed by atoms with Crippen molar-refractivity contribution in [1.82, 2.24) is 5.32 Å². The van der Waals surface area contributed by atoms with Crippen LogP contribution >= 0.6 is 7.82 Å². The Hall–Kier alpha value is -0.500. The van der Waals surface area contributed by atoms with E-state index >= 15 is 0 Å². The zero-order valence-electron chi connectivity index (χ0n) is 57.9. The van der Waals surface area contributed by atoms with E-state index in [4.69, 9.17) is 9.05 Å². The van der Waals surface area contributed by atoms with Crippen LogP contribution in [0.3, 0.4) is 0 Å². The SMILES string of the molecule is CCCCCCCCCCCCCCCCCCCCCCCCCCCCCCCCCCCCCCCCCC(=O)NC(COP(=O)([O-])OCC[N+](C)(C)C)C(O)CCCCCCCCCCCCCCCCCCCCCCCCC. The van der Waals surface area contributed by atoms with Crippen molar-refractivity contribution in [1.29, 1.82) is 0 Å². The number of quaternary nitrogens is 1. The second-order valence-electron chi connectivity index (χ2n) is 28.1. The van der Waals surface area contributed by atoms with Crippen LogP contribution in [0.4, 0.5) is 0 Å². The highest BCUT2D eigenvalue weighted by Gasteiger charge is 2.24. The van der Waals surface area contributed by atoms with Crippen LogP contribution in [-0.2, 0) is 18.4 Å². The number of nitrogens with one attached hydrogen (secondary N) is 1. The Labute approximate surface area is 527 Å². The van der Waals surface area contributed by atoms with E-state index in [0.29, 0.717) is 23.9 Å². The van der Waals surface area contributed by atoms with Crippen LogP contribution < -0.4 is 10.2 Å². The molecule has 0 saturated heterocycles. The second kappa shape index (κ2) is 66.9. The summed E-state index contributed by atoms with van der Waals surface area (Å²) in [6.45, 7) is 4.81. The fourth-order valence-electron chi connectivity index (χ4n) is 12.4. The standard InChI is InChI=1S/C75H153N2O6P/c1-6-8-10-12-14-16-18-20-22-24-26-28-30-31-32-33-34-35-36-37-38-39-40-41-42-43-44-45-47-49-51-53-55-57-59-61-63-65-67-69-75(79)76-73(72-83-84(80,81)82-71-70-77(3,4)5)74(78)68-66-64-62-60-58-56-54-52-50-48-46-29-27-25-23-21-19-17-15-13-11-9-7-2/h73-74,78H,6-72H2,1-5H3,(H-,76,79,80,81). The predicted octanol–water partition coefficient (Wildman–Crippen LogP) is 24.0. The molecule has 84 heavy (non-hydrogen) atoms. The number of rotatable bonds is 73.